The first-order valence-electron chi connectivity index (χ1n) is 8.88. The Morgan fingerprint density at radius 2 is 2.03 bits per heavy atom. The molecule has 1 aromatic heterocycles. The lowest BCUT2D eigenvalue weighted by Crippen LogP contribution is -2.27. The first-order valence-corrected chi connectivity index (χ1v) is 8.88. The maximum absolute atomic E-state index is 13.2. The van der Waals surface area contributed by atoms with Gasteiger partial charge in [-0.2, -0.15) is 23.5 Å². The van der Waals surface area contributed by atoms with Gasteiger partial charge in [-0.25, -0.2) is 9.48 Å². The van der Waals surface area contributed by atoms with E-state index in [-0.39, 0.29) is 11.4 Å². The van der Waals surface area contributed by atoms with Gasteiger partial charge in [0, 0.05) is 7.05 Å². The van der Waals surface area contributed by atoms with E-state index >= 15 is 0 Å². The summed E-state index contributed by atoms with van der Waals surface area (Å²) in [6.07, 6.45) is -3.56. The Balaban J connectivity index is 2.78. The summed E-state index contributed by atoms with van der Waals surface area (Å²) in [4.78, 5) is 13.3. The average molecular weight is 406 g/mol. The summed E-state index contributed by atoms with van der Waals surface area (Å²) in [7, 11) is 1.42. The second-order valence-corrected chi connectivity index (χ2v) is 6.28. The van der Waals surface area contributed by atoms with Gasteiger partial charge in [0.15, 0.2) is 5.69 Å². The molecule has 0 unspecified atom stereocenters. The molecule has 0 fully saturated rings. The van der Waals surface area contributed by atoms with Crippen molar-refractivity contribution in [2.75, 3.05) is 11.9 Å². The van der Waals surface area contributed by atoms with Crippen molar-refractivity contribution in [3.63, 3.8) is 0 Å². The zero-order chi connectivity index (χ0) is 21.9. The number of anilines is 1. The maximum Gasteiger partial charge on any atom is 0.419 e. The average Bonchev–Trinajstić information content (AvgIpc) is 3.04. The third kappa shape index (κ3) is 4.11. The number of hydrogen-bond acceptors (Lipinski definition) is 4. The number of aromatic nitrogens is 2. The molecule has 0 saturated carbocycles. The van der Waals surface area contributed by atoms with E-state index < -0.39 is 17.8 Å². The van der Waals surface area contributed by atoms with Gasteiger partial charge in [-0.05, 0) is 43.0 Å². The number of carbonyl (C=O) groups excluding carboxylic acids is 1. The monoisotopic (exact) mass is 406 g/mol. The highest BCUT2D eigenvalue weighted by Crippen LogP contribution is 2.35. The lowest BCUT2D eigenvalue weighted by molar-refractivity contribution is -0.137. The predicted molar refractivity (Wildman–Crippen MR) is 102 cm³/mol. The number of nitrogens with zero attached hydrogens (tertiary/aromatic N) is 4. The lowest BCUT2D eigenvalue weighted by Gasteiger charge is -2.19. The molecule has 154 valence electrons. The number of nitriles is 1. The van der Waals surface area contributed by atoms with Gasteiger partial charge in [0.05, 0.1) is 23.2 Å². The highest BCUT2D eigenvalue weighted by atomic mass is 19.4. The van der Waals surface area contributed by atoms with Crippen molar-refractivity contribution in [2.45, 2.75) is 39.8 Å². The third-order valence-corrected chi connectivity index (χ3v) is 4.49. The summed E-state index contributed by atoms with van der Waals surface area (Å²) in [6, 6.07) is 4.08. The Morgan fingerprint density at radius 1 is 1.38 bits per heavy atom. The van der Waals surface area contributed by atoms with Crippen LogP contribution < -0.4 is 4.90 Å². The first-order chi connectivity index (χ1) is 13.6. The quantitative estimate of drug-likeness (QED) is 0.662. The van der Waals surface area contributed by atoms with Crippen LogP contribution in [0, 0.1) is 18.3 Å². The van der Waals surface area contributed by atoms with Crippen LogP contribution >= 0.6 is 0 Å². The van der Waals surface area contributed by atoms with Crippen molar-refractivity contribution in [3.8, 4) is 11.8 Å². The van der Waals surface area contributed by atoms with Crippen LogP contribution in [0.25, 0.3) is 5.69 Å². The zero-order valence-electron chi connectivity index (χ0n) is 16.6. The number of hydrogen-bond donors (Lipinski definition) is 0. The summed E-state index contributed by atoms with van der Waals surface area (Å²) in [5.41, 5.74) is 1.22. The number of benzene rings is 1. The molecule has 29 heavy (non-hydrogen) atoms. The molecule has 1 heterocycles. The predicted octanol–water partition coefficient (Wildman–Crippen LogP) is 4.91. The minimum absolute atomic E-state index is 0.0355. The number of halogens is 3. The number of amides is 1. The first kappa shape index (κ1) is 22.0. The zero-order valence-corrected chi connectivity index (χ0v) is 16.6. The molecule has 0 aliphatic heterocycles. The van der Waals surface area contributed by atoms with Crippen LogP contribution in [0.3, 0.4) is 0 Å². The molecule has 0 bridgehead atoms. The molecule has 0 atom stereocenters. The van der Waals surface area contributed by atoms with Crippen LogP contribution in [0.4, 0.5) is 23.7 Å². The fraction of sp³-hybridized carbons (Fsp3) is 0.350. The molecule has 2 rings (SSSR count). The highest BCUT2D eigenvalue weighted by molar-refractivity contribution is 5.90. The van der Waals surface area contributed by atoms with Gasteiger partial charge < -0.3 is 4.74 Å². The summed E-state index contributed by atoms with van der Waals surface area (Å²) in [5.74, 6) is 0. The largest absolute Gasteiger partial charge is 0.419 e. The Bertz CT molecular complexity index is 987. The van der Waals surface area contributed by atoms with Gasteiger partial charge in [0.1, 0.15) is 11.8 Å². The van der Waals surface area contributed by atoms with Crippen LogP contribution in [0.2, 0.25) is 0 Å². The third-order valence-electron chi connectivity index (χ3n) is 4.49. The summed E-state index contributed by atoms with van der Waals surface area (Å²) in [5, 5.41) is 13.8. The summed E-state index contributed by atoms with van der Waals surface area (Å²) >= 11 is 0. The highest BCUT2D eigenvalue weighted by Gasteiger charge is 2.33. The van der Waals surface area contributed by atoms with E-state index in [0.29, 0.717) is 35.3 Å². The van der Waals surface area contributed by atoms with Crippen molar-refractivity contribution < 1.29 is 22.7 Å². The van der Waals surface area contributed by atoms with Crippen LogP contribution in [-0.4, -0.2) is 22.9 Å². The maximum atomic E-state index is 13.2. The van der Waals surface area contributed by atoms with E-state index in [1.165, 1.54) is 11.7 Å². The number of alkyl halides is 3. The molecule has 0 saturated heterocycles. The van der Waals surface area contributed by atoms with Gasteiger partial charge in [-0.1, -0.05) is 20.4 Å². The minimum atomic E-state index is -4.47. The molecule has 0 aliphatic rings. The summed E-state index contributed by atoms with van der Waals surface area (Å²) < 4.78 is 45.9. The normalized spacial score (nSPS) is 11.1. The van der Waals surface area contributed by atoms with Gasteiger partial charge >= 0.3 is 12.3 Å². The van der Waals surface area contributed by atoms with Crippen LogP contribution in [0.5, 0.6) is 0 Å². The molecule has 6 nitrogen and oxygen atoms in total. The number of aryl methyl sites for hydroxylation is 2. The summed E-state index contributed by atoms with van der Waals surface area (Å²) in [6.45, 7) is 8.44. The molecule has 1 aromatic carbocycles. The van der Waals surface area contributed by atoms with E-state index in [0.717, 1.165) is 23.3 Å². The van der Waals surface area contributed by atoms with E-state index in [9.17, 15) is 23.2 Å². The molecule has 0 spiro atoms. The van der Waals surface area contributed by atoms with Crippen molar-refractivity contribution in [1.29, 1.82) is 5.26 Å². The van der Waals surface area contributed by atoms with Crippen molar-refractivity contribution >= 4 is 11.8 Å². The molecular formula is C20H21F3N4O2. The van der Waals surface area contributed by atoms with Crippen molar-refractivity contribution in [2.24, 2.45) is 0 Å². The van der Waals surface area contributed by atoms with E-state index in [2.05, 4.69) is 11.7 Å². The van der Waals surface area contributed by atoms with Crippen molar-refractivity contribution in [3.05, 3.63) is 53.1 Å². The Morgan fingerprint density at radius 3 is 2.52 bits per heavy atom. The Kier molecular flexibility index (Phi) is 6.37. The SMILES string of the molecule is C=COC(=O)N(C)c1c(C#N)nn(-c2c(C)cc(C(F)(F)F)cc2CC)c1CC. The molecule has 9 heteroatoms. The van der Waals surface area contributed by atoms with Crippen LogP contribution in [-0.2, 0) is 23.8 Å². The smallest absolute Gasteiger partial charge is 0.419 e. The Labute approximate surface area is 166 Å². The van der Waals surface area contributed by atoms with Gasteiger partial charge in [-0.3, -0.25) is 4.90 Å². The fourth-order valence-electron chi connectivity index (χ4n) is 3.21. The van der Waals surface area contributed by atoms with Crippen LogP contribution in [0.1, 0.15) is 41.9 Å². The van der Waals surface area contributed by atoms with E-state index in [4.69, 9.17) is 4.74 Å². The number of ether oxygens (including phenoxy) is 1. The van der Waals surface area contributed by atoms with Crippen molar-refractivity contribution in [1.82, 2.24) is 9.78 Å². The fourth-order valence-corrected chi connectivity index (χ4v) is 3.21. The molecule has 2 aromatic rings. The minimum Gasteiger partial charge on any atom is -0.419 e. The number of rotatable bonds is 5. The lowest BCUT2D eigenvalue weighted by atomic mass is 10.0. The number of carbonyl (C=O) groups is 1. The van der Waals surface area contributed by atoms with Gasteiger partial charge in [-0.15, -0.1) is 0 Å². The van der Waals surface area contributed by atoms with Gasteiger partial charge in [0.2, 0.25) is 0 Å². The standard InChI is InChI=1S/C20H21F3N4O2/c1-6-13-10-14(20(21,22)23)9-12(4)17(13)27-16(7-2)18(15(11-24)25-27)26(5)19(28)29-8-3/h8-10H,3,6-7H2,1-2,4-5H3. The second kappa shape index (κ2) is 8.39. The molecule has 1 amide bonds. The van der Waals surface area contributed by atoms with E-state index in [1.54, 1.807) is 20.8 Å². The Hall–Kier alpha value is -3.28. The second-order valence-electron chi connectivity index (χ2n) is 6.28. The molecule has 0 aliphatic carbocycles. The molecular weight excluding hydrogens is 385 g/mol. The van der Waals surface area contributed by atoms with E-state index in [1.807, 2.05) is 6.07 Å². The van der Waals surface area contributed by atoms with Gasteiger partial charge in [0.25, 0.3) is 0 Å². The topological polar surface area (TPSA) is 71.2 Å². The van der Waals surface area contributed by atoms with Crippen LogP contribution in [0.15, 0.2) is 25.0 Å². The molecule has 0 radical (unpaired) electrons. The molecule has 0 N–H and O–H groups in total.